The summed E-state index contributed by atoms with van der Waals surface area (Å²) in [5.41, 5.74) is 0. The van der Waals surface area contributed by atoms with E-state index in [9.17, 15) is 4.79 Å². The molecule has 0 spiro atoms. The van der Waals surface area contributed by atoms with Gasteiger partial charge in [-0.3, -0.25) is 4.79 Å². The van der Waals surface area contributed by atoms with Crippen molar-refractivity contribution >= 4 is 28.5 Å². The van der Waals surface area contributed by atoms with Crippen molar-refractivity contribution < 1.29 is 4.79 Å². The van der Waals surface area contributed by atoms with Crippen LogP contribution in [-0.4, -0.2) is 16.9 Å². The zero-order valence-electron chi connectivity index (χ0n) is 11.4. The van der Waals surface area contributed by atoms with Crippen molar-refractivity contribution in [1.82, 2.24) is 5.32 Å². The molecule has 0 radical (unpaired) electrons. The minimum absolute atomic E-state index is 0.249. The maximum atomic E-state index is 11.9. The number of alkyl halides is 1. The third-order valence-electron chi connectivity index (χ3n) is 3.00. The molecule has 0 unspecified atom stereocenters. The van der Waals surface area contributed by atoms with Gasteiger partial charge in [0.1, 0.15) is 0 Å². The zero-order chi connectivity index (χ0) is 12.9. The SMILES string of the molecule is CCCC(CCC)C(=O)NCCCCCCI. The second-order valence-corrected chi connectivity index (χ2v) is 5.75. The number of rotatable bonds is 11. The van der Waals surface area contributed by atoms with Gasteiger partial charge < -0.3 is 5.32 Å². The molecule has 0 saturated heterocycles. The molecule has 102 valence electrons. The quantitative estimate of drug-likeness (QED) is 0.335. The first kappa shape index (κ1) is 17.2. The summed E-state index contributed by atoms with van der Waals surface area (Å²) in [6.45, 7) is 5.17. The molecule has 0 bridgehead atoms. The van der Waals surface area contributed by atoms with Gasteiger partial charge in [-0.2, -0.15) is 0 Å². The van der Waals surface area contributed by atoms with Gasteiger partial charge in [-0.05, 0) is 30.1 Å². The predicted octanol–water partition coefficient (Wildman–Crippen LogP) is 4.31. The number of halogens is 1. The normalized spacial score (nSPS) is 10.8. The van der Waals surface area contributed by atoms with Crippen molar-refractivity contribution in [3.63, 3.8) is 0 Å². The highest BCUT2D eigenvalue weighted by Crippen LogP contribution is 2.13. The number of hydrogen-bond acceptors (Lipinski definition) is 1. The molecule has 17 heavy (non-hydrogen) atoms. The Bertz CT molecular complexity index is 179. The van der Waals surface area contributed by atoms with E-state index in [1.165, 1.54) is 23.7 Å². The van der Waals surface area contributed by atoms with Gasteiger partial charge >= 0.3 is 0 Å². The molecule has 3 heteroatoms. The van der Waals surface area contributed by atoms with Crippen LogP contribution in [0.5, 0.6) is 0 Å². The number of carbonyl (C=O) groups excluding carboxylic acids is 1. The van der Waals surface area contributed by atoms with Crippen molar-refractivity contribution in [2.45, 2.75) is 65.2 Å². The molecule has 1 amide bonds. The van der Waals surface area contributed by atoms with Crippen molar-refractivity contribution in [2.75, 3.05) is 11.0 Å². The largest absolute Gasteiger partial charge is 0.356 e. The molecule has 0 saturated carbocycles. The topological polar surface area (TPSA) is 29.1 Å². The monoisotopic (exact) mass is 353 g/mol. The van der Waals surface area contributed by atoms with Crippen LogP contribution < -0.4 is 5.32 Å². The van der Waals surface area contributed by atoms with Crippen LogP contribution in [0.1, 0.15) is 65.2 Å². The smallest absolute Gasteiger partial charge is 0.223 e. The molecule has 0 heterocycles. The van der Waals surface area contributed by atoms with Gasteiger partial charge in [-0.1, -0.05) is 62.1 Å². The molecule has 2 nitrogen and oxygen atoms in total. The third kappa shape index (κ3) is 9.86. The fourth-order valence-electron chi connectivity index (χ4n) is 2.03. The zero-order valence-corrected chi connectivity index (χ0v) is 13.6. The number of amides is 1. The summed E-state index contributed by atoms with van der Waals surface area (Å²) >= 11 is 2.42. The molecule has 0 aromatic rings. The lowest BCUT2D eigenvalue weighted by Gasteiger charge is -2.15. The van der Waals surface area contributed by atoms with E-state index in [0.29, 0.717) is 0 Å². The predicted molar refractivity (Wildman–Crippen MR) is 83.7 cm³/mol. The number of carbonyl (C=O) groups is 1. The lowest BCUT2D eigenvalue weighted by molar-refractivity contribution is -0.125. The fourth-order valence-corrected chi connectivity index (χ4v) is 2.57. The molecular formula is C14H28INO. The first-order chi connectivity index (χ1) is 8.26. The van der Waals surface area contributed by atoms with E-state index < -0.39 is 0 Å². The van der Waals surface area contributed by atoms with E-state index >= 15 is 0 Å². The molecule has 0 fully saturated rings. The molecule has 0 aliphatic rings. The summed E-state index contributed by atoms with van der Waals surface area (Å²) in [5.74, 6) is 0.530. The van der Waals surface area contributed by atoms with Crippen LogP contribution in [0.25, 0.3) is 0 Å². The van der Waals surface area contributed by atoms with E-state index in [2.05, 4.69) is 41.8 Å². The summed E-state index contributed by atoms with van der Waals surface area (Å²) in [6, 6.07) is 0. The minimum atomic E-state index is 0.249. The summed E-state index contributed by atoms with van der Waals surface area (Å²) in [6.07, 6.45) is 9.27. The summed E-state index contributed by atoms with van der Waals surface area (Å²) in [5, 5.41) is 3.09. The van der Waals surface area contributed by atoms with Crippen molar-refractivity contribution in [3.05, 3.63) is 0 Å². The molecule has 0 rings (SSSR count). The summed E-state index contributed by atoms with van der Waals surface area (Å²) in [4.78, 5) is 11.9. The molecule has 0 aromatic carbocycles. The molecule has 0 aromatic heterocycles. The van der Waals surface area contributed by atoms with Crippen molar-refractivity contribution in [3.8, 4) is 0 Å². The maximum absolute atomic E-state index is 11.9. The number of hydrogen-bond donors (Lipinski definition) is 1. The number of nitrogens with one attached hydrogen (secondary N) is 1. The Hall–Kier alpha value is 0.200. The lowest BCUT2D eigenvalue weighted by Crippen LogP contribution is -2.31. The van der Waals surface area contributed by atoms with Gasteiger partial charge in [0, 0.05) is 12.5 Å². The molecule has 0 atom stereocenters. The second-order valence-electron chi connectivity index (χ2n) is 4.67. The minimum Gasteiger partial charge on any atom is -0.356 e. The van der Waals surface area contributed by atoms with Crippen LogP contribution in [0, 0.1) is 5.92 Å². The highest BCUT2D eigenvalue weighted by molar-refractivity contribution is 14.1. The Balaban J connectivity index is 3.59. The standard InChI is InChI=1S/C14H28INO/c1-3-9-13(10-4-2)14(17)16-12-8-6-5-7-11-15/h13H,3-12H2,1-2H3,(H,16,17). The van der Waals surface area contributed by atoms with Crippen LogP contribution in [-0.2, 0) is 4.79 Å². The number of unbranched alkanes of at least 4 members (excludes halogenated alkanes) is 3. The van der Waals surface area contributed by atoms with E-state index in [0.717, 1.165) is 38.6 Å². The average Bonchev–Trinajstić information content (AvgIpc) is 2.33. The van der Waals surface area contributed by atoms with E-state index in [1.807, 2.05) is 0 Å². The fraction of sp³-hybridized carbons (Fsp3) is 0.929. The van der Waals surface area contributed by atoms with Gasteiger partial charge in [0.25, 0.3) is 0 Å². The lowest BCUT2D eigenvalue weighted by atomic mass is 9.97. The van der Waals surface area contributed by atoms with Gasteiger partial charge in [0.2, 0.25) is 5.91 Å². The molecule has 1 N–H and O–H groups in total. The first-order valence-electron chi connectivity index (χ1n) is 7.09. The van der Waals surface area contributed by atoms with E-state index in [4.69, 9.17) is 0 Å². The van der Waals surface area contributed by atoms with Crippen LogP contribution >= 0.6 is 22.6 Å². The maximum Gasteiger partial charge on any atom is 0.223 e. The van der Waals surface area contributed by atoms with Crippen LogP contribution in [0.4, 0.5) is 0 Å². The highest BCUT2D eigenvalue weighted by atomic mass is 127. The van der Waals surface area contributed by atoms with Gasteiger partial charge in [0.15, 0.2) is 0 Å². The van der Waals surface area contributed by atoms with Gasteiger partial charge in [0.05, 0.1) is 0 Å². The van der Waals surface area contributed by atoms with Crippen LogP contribution in [0.3, 0.4) is 0 Å². The van der Waals surface area contributed by atoms with Gasteiger partial charge in [-0.25, -0.2) is 0 Å². The van der Waals surface area contributed by atoms with E-state index in [1.54, 1.807) is 0 Å². The van der Waals surface area contributed by atoms with Crippen molar-refractivity contribution in [1.29, 1.82) is 0 Å². The summed E-state index contributed by atoms with van der Waals surface area (Å²) < 4.78 is 1.25. The van der Waals surface area contributed by atoms with Crippen LogP contribution in [0.2, 0.25) is 0 Å². The molecular weight excluding hydrogens is 325 g/mol. The third-order valence-corrected chi connectivity index (χ3v) is 3.77. The molecule has 0 aliphatic carbocycles. The van der Waals surface area contributed by atoms with E-state index in [-0.39, 0.29) is 11.8 Å². The Labute approximate surface area is 120 Å². The second kappa shape index (κ2) is 12.7. The highest BCUT2D eigenvalue weighted by Gasteiger charge is 2.15. The Morgan fingerprint density at radius 1 is 1.06 bits per heavy atom. The Morgan fingerprint density at radius 2 is 1.65 bits per heavy atom. The molecule has 0 aliphatic heterocycles. The summed E-state index contributed by atoms with van der Waals surface area (Å²) in [7, 11) is 0. The van der Waals surface area contributed by atoms with Gasteiger partial charge in [-0.15, -0.1) is 0 Å². The van der Waals surface area contributed by atoms with Crippen molar-refractivity contribution in [2.24, 2.45) is 5.92 Å². The Kier molecular flexibility index (Phi) is 12.8. The first-order valence-corrected chi connectivity index (χ1v) is 8.62. The Morgan fingerprint density at radius 3 is 2.18 bits per heavy atom. The van der Waals surface area contributed by atoms with Crippen LogP contribution in [0.15, 0.2) is 0 Å². The average molecular weight is 353 g/mol.